The largest absolute Gasteiger partial charge is 0.311 e. The van der Waals surface area contributed by atoms with Crippen LogP contribution in [-0.4, -0.2) is 43.6 Å². The Morgan fingerprint density at radius 1 is 1.31 bits per heavy atom. The molecular weight excluding hydrogens is 248 g/mol. The Hall–Kier alpha value is 0.160. The number of hydrogen-bond acceptors (Lipinski definition) is 3. The van der Waals surface area contributed by atoms with Crippen LogP contribution in [0.25, 0.3) is 0 Å². The van der Waals surface area contributed by atoms with Gasteiger partial charge in [-0.3, -0.25) is 0 Å². The van der Waals surface area contributed by atoms with E-state index in [0.29, 0.717) is 18.2 Å². The normalized spacial score (nSPS) is 32.1. The van der Waals surface area contributed by atoms with Crippen molar-refractivity contribution < 1.29 is 8.42 Å². The summed E-state index contributed by atoms with van der Waals surface area (Å²) >= 11 is 0. The first-order valence-corrected chi connectivity index (χ1v) is 7.33. The molecule has 0 radical (unpaired) electrons. The molecule has 1 heterocycles. The Kier molecular flexibility index (Phi) is 4.63. The van der Waals surface area contributed by atoms with E-state index < -0.39 is 10.0 Å². The van der Waals surface area contributed by atoms with E-state index in [-0.39, 0.29) is 24.5 Å². The van der Waals surface area contributed by atoms with Gasteiger partial charge in [0.1, 0.15) is 0 Å². The molecule has 0 spiro atoms. The fourth-order valence-electron chi connectivity index (χ4n) is 2.05. The molecule has 2 unspecified atom stereocenters. The van der Waals surface area contributed by atoms with Gasteiger partial charge in [-0.15, -0.1) is 12.4 Å². The smallest absolute Gasteiger partial charge is 0.214 e. The van der Waals surface area contributed by atoms with E-state index in [0.717, 1.165) is 19.4 Å². The molecule has 2 rings (SSSR count). The van der Waals surface area contributed by atoms with E-state index in [1.165, 1.54) is 0 Å². The van der Waals surface area contributed by atoms with Crippen molar-refractivity contribution in [1.29, 1.82) is 0 Å². The second-order valence-corrected chi connectivity index (χ2v) is 6.92. The summed E-state index contributed by atoms with van der Waals surface area (Å²) in [4.78, 5) is 0. The van der Waals surface area contributed by atoms with E-state index in [4.69, 9.17) is 0 Å². The maximum Gasteiger partial charge on any atom is 0.214 e. The second-order valence-electron chi connectivity index (χ2n) is 4.95. The molecule has 0 aromatic rings. The topological polar surface area (TPSA) is 49.4 Å². The summed E-state index contributed by atoms with van der Waals surface area (Å²) in [5.41, 5.74) is 0. The lowest BCUT2D eigenvalue weighted by molar-refractivity contribution is 0.244. The van der Waals surface area contributed by atoms with Gasteiger partial charge in [0.2, 0.25) is 10.0 Å². The van der Waals surface area contributed by atoms with Gasteiger partial charge < -0.3 is 5.32 Å². The molecule has 2 atom stereocenters. The summed E-state index contributed by atoms with van der Waals surface area (Å²) in [6.45, 7) is 5.40. The van der Waals surface area contributed by atoms with Gasteiger partial charge in [-0.2, -0.15) is 4.31 Å². The van der Waals surface area contributed by atoms with E-state index in [9.17, 15) is 8.42 Å². The highest BCUT2D eigenvalue weighted by Crippen LogP contribution is 2.31. The second kappa shape index (κ2) is 5.21. The fraction of sp³-hybridized carbons (Fsp3) is 1.00. The number of rotatable bonds is 3. The lowest BCUT2D eigenvalue weighted by Crippen LogP contribution is -2.56. The molecule has 1 saturated heterocycles. The molecule has 1 aliphatic heterocycles. The summed E-state index contributed by atoms with van der Waals surface area (Å²) < 4.78 is 25.9. The summed E-state index contributed by atoms with van der Waals surface area (Å²) in [5.74, 6) is 0.803. The summed E-state index contributed by atoms with van der Waals surface area (Å²) in [7, 11) is -3.01. The van der Waals surface area contributed by atoms with Crippen LogP contribution in [0.15, 0.2) is 0 Å². The minimum Gasteiger partial charge on any atom is -0.311 e. The molecule has 2 aliphatic rings. The SMILES string of the molecule is CC1CN(S(=O)(=O)CC2CC2)C(C)CN1.Cl. The van der Waals surface area contributed by atoms with Crippen molar-refractivity contribution in [3.8, 4) is 0 Å². The van der Waals surface area contributed by atoms with Crippen molar-refractivity contribution in [2.45, 2.75) is 38.8 Å². The molecule has 2 fully saturated rings. The van der Waals surface area contributed by atoms with Crippen molar-refractivity contribution in [2.75, 3.05) is 18.8 Å². The van der Waals surface area contributed by atoms with Gasteiger partial charge in [0, 0.05) is 25.2 Å². The van der Waals surface area contributed by atoms with Crippen LogP contribution in [0.2, 0.25) is 0 Å². The number of nitrogens with one attached hydrogen (secondary N) is 1. The highest BCUT2D eigenvalue weighted by Gasteiger charge is 2.36. The van der Waals surface area contributed by atoms with Gasteiger partial charge in [0.05, 0.1) is 5.75 Å². The average Bonchev–Trinajstić information content (AvgIpc) is 2.92. The lowest BCUT2D eigenvalue weighted by Gasteiger charge is -2.36. The van der Waals surface area contributed by atoms with Crippen LogP contribution < -0.4 is 5.32 Å². The number of piperazine rings is 1. The molecule has 16 heavy (non-hydrogen) atoms. The van der Waals surface area contributed by atoms with Gasteiger partial charge >= 0.3 is 0 Å². The summed E-state index contributed by atoms with van der Waals surface area (Å²) in [6, 6.07) is 0.375. The monoisotopic (exact) mass is 268 g/mol. The first kappa shape index (κ1) is 14.2. The minimum absolute atomic E-state index is 0. The third-order valence-electron chi connectivity index (χ3n) is 3.21. The number of hydrogen-bond donors (Lipinski definition) is 1. The molecule has 1 saturated carbocycles. The van der Waals surface area contributed by atoms with Crippen molar-refractivity contribution in [1.82, 2.24) is 9.62 Å². The van der Waals surface area contributed by atoms with E-state index >= 15 is 0 Å². The standard InChI is InChI=1S/C10H20N2O2S.ClH/c1-8-6-12(9(2)5-11-8)15(13,14)7-10-3-4-10;/h8-11H,3-7H2,1-2H3;1H. The third-order valence-corrected chi connectivity index (χ3v) is 5.32. The minimum atomic E-state index is -3.01. The van der Waals surface area contributed by atoms with Gasteiger partial charge in [-0.25, -0.2) is 8.42 Å². The number of nitrogens with zero attached hydrogens (tertiary/aromatic N) is 1. The maximum absolute atomic E-state index is 12.1. The molecule has 1 N–H and O–H groups in total. The molecule has 6 heteroatoms. The van der Waals surface area contributed by atoms with Gasteiger partial charge in [0.25, 0.3) is 0 Å². The summed E-state index contributed by atoms with van der Waals surface area (Å²) in [5, 5.41) is 3.30. The van der Waals surface area contributed by atoms with Crippen LogP contribution in [0.3, 0.4) is 0 Å². The molecule has 4 nitrogen and oxygen atoms in total. The average molecular weight is 269 g/mol. The van der Waals surface area contributed by atoms with Crippen LogP contribution >= 0.6 is 12.4 Å². The molecule has 96 valence electrons. The molecule has 0 aromatic heterocycles. The third kappa shape index (κ3) is 3.32. The van der Waals surface area contributed by atoms with Gasteiger partial charge in [0.15, 0.2) is 0 Å². The van der Waals surface area contributed by atoms with Crippen molar-refractivity contribution in [3.63, 3.8) is 0 Å². The predicted molar refractivity (Wildman–Crippen MR) is 67.4 cm³/mol. The lowest BCUT2D eigenvalue weighted by atomic mass is 10.2. The first-order valence-electron chi connectivity index (χ1n) is 5.72. The Labute approximate surface area is 104 Å². The van der Waals surface area contributed by atoms with Crippen molar-refractivity contribution in [2.24, 2.45) is 5.92 Å². The van der Waals surface area contributed by atoms with Crippen molar-refractivity contribution >= 4 is 22.4 Å². The van der Waals surface area contributed by atoms with Crippen LogP contribution in [0.1, 0.15) is 26.7 Å². The van der Waals surface area contributed by atoms with Gasteiger partial charge in [-0.05, 0) is 32.6 Å². The number of sulfonamides is 1. The van der Waals surface area contributed by atoms with E-state index in [2.05, 4.69) is 5.32 Å². The van der Waals surface area contributed by atoms with Crippen LogP contribution in [0, 0.1) is 5.92 Å². The number of halogens is 1. The van der Waals surface area contributed by atoms with Gasteiger partial charge in [-0.1, -0.05) is 0 Å². The Morgan fingerprint density at radius 2 is 1.94 bits per heavy atom. The fourth-order valence-corrected chi connectivity index (χ4v) is 4.25. The van der Waals surface area contributed by atoms with Crippen LogP contribution in [-0.2, 0) is 10.0 Å². The predicted octanol–water partition coefficient (Wildman–Crippen LogP) is 0.830. The maximum atomic E-state index is 12.1. The van der Waals surface area contributed by atoms with E-state index in [1.807, 2.05) is 13.8 Å². The van der Waals surface area contributed by atoms with E-state index in [1.54, 1.807) is 4.31 Å². The molecular formula is C10H21ClN2O2S. The van der Waals surface area contributed by atoms with Crippen LogP contribution in [0.4, 0.5) is 0 Å². The van der Waals surface area contributed by atoms with Crippen LogP contribution in [0.5, 0.6) is 0 Å². The molecule has 0 aromatic carbocycles. The summed E-state index contributed by atoms with van der Waals surface area (Å²) in [6.07, 6.45) is 2.19. The Bertz CT molecular complexity index is 330. The zero-order valence-electron chi connectivity index (χ0n) is 9.85. The molecule has 0 bridgehead atoms. The quantitative estimate of drug-likeness (QED) is 0.825. The highest BCUT2D eigenvalue weighted by atomic mass is 35.5. The van der Waals surface area contributed by atoms with Crippen molar-refractivity contribution in [3.05, 3.63) is 0 Å². The highest BCUT2D eigenvalue weighted by molar-refractivity contribution is 7.89. The Balaban J connectivity index is 0.00000128. The zero-order chi connectivity index (χ0) is 11.1. The molecule has 0 amide bonds. The zero-order valence-corrected chi connectivity index (χ0v) is 11.5. The molecule has 1 aliphatic carbocycles. The Morgan fingerprint density at radius 3 is 2.50 bits per heavy atom. The first-order chi connectivity index (χ1) is 6.99.